The number of halogens is 1. The fourth-order valence-corrected chi connectivity index (χ4v) is 4.35. The van der Waals surface area contributed by atoms with Gasteiger partial charge in [0.2, 0.25) is 5.91 Å². The second-order valence-corrected chi connectivity index (χ2v) is 7.35. The summed E-state index contributed by atoms with van der Waals surface area (Å²) in [5, 5.41) is 0.288. The smallest absolute Gasteiger partial charge is 0.338 e. The number of amides is 1. The van der Waals surface area contributed by atoms with Crippen LogP contribution >= 0.6 is 11.6 Å². The molecule has 0 radical (unpaired) electrons. The molecule has 0 unspecified atom stereocenters. The molecule has 1 spiro atoms. The SMILES string of the molecule is COC(=O)c1cc2c(c(C)c1-c1cc(Cl)ncc1OC)C1(CC1)C(=O)N2C. The maximum atomic E-state index is 12.8. The van der Waals surface area contributed by atoms with Crippen molar-refractivity contribution < 1.29 is 19.1 Å². The normalized spacial score (nSPS) is 16.5. The van der Waals surface area contributed by atoms with Crippen LogP contribution in [0.5, 0.6) is 5.75 Å². The van der Waals surface area contributed by atoms with Gasteiger partial charge >= 0.3 is 5.97 Å². The summed E-state index contributed by atoms with van der Waals surface area (Å²) in [6.45, 7) is 1.93. The summed E-state index contributed by atoms with van der Waals surface area (Å²) in [7, 11) is 4.62. The van der Waals surface area contributed by atoms with Crippen LogP contribution < -0.4 is 9.64 Å². The summed E-state index contributed by atoms with van der Waals surface area (Å²) < 4.78 is 10.5. The van der Waals surface area contributed by atoms with Gasteiger partial charge in [-0.1, -0.05) is 11.6 Å². The van der Waals surface area contributed by atoms with Crippen molar-refractivity contribution in [2.45, 2.75) is 25.2 Å². The van der Waals surface area contributed by atoms with Gasteiger partial charge in [0.25, 0.3) is 0 Å². The van der Waals surface area contributed by atoms with E-state index < -0.39 is 11.4 Å². The largest absolute Gasteiger partial charge is 0.494 e. The minimum Gasteiger partial charge on any atom is -0.494 e. The van der Waals surface area contributed by atoms with Gasteiger partial charge in [-0.25, -0.2) is 9.78 Å². The summed E-state index contributed by atoms with van der Waals surface area (Å²) in [6, 6.07) is 3.41. The Labute approximate surface area is 162 Å². The minimum atomic E-state index is -0.483. The first-order valence-electron chi connectivity index (χ1n) is 8.60. The molecule has 4 rings (SSSR count). The lowest BCUT2D eigenvalue weighted by Crippen LogP contribution is -2.28. The third kappa shape index (κ3) is 2.36. The zero-order chi connectivity index (χ0) is 19.5. The molecule has 0 atom stereocenters. The second kappa shape index (κ2) is 5.96. The second-order valence-electron chi connectivity index (χ2n) is 6.96. The van der Waals surface area contributed by atoms with Crippen LogP contribution in [0.1, 0.15) is 34.3 Å². The highest BCUT2D eigenvalue weighted by Crippen LogP contribution is 2.59. The number of fused-ring (bicyclic) bond motifs is 2. The molecule has 1 aliphatic carbocycles. The highest BCUT2D eigenvalue weighted by atomic mass is 35.5. The van der Waals surface area contributed by atoms with E-state index in [1.165, 1.54) is 20.4 Å². The van der Waals surface area contributed by atoms with Crippen LogP contribution in [0.15, 0.2) is 18.3 Å². The number of aromatic nitrogens is 1. The Kier molecular flexibility index (Phi) is 3.93. The molecule has 27 heavy (non-hydrogen) atoms. The molecule has 0 N–H and O–H groups in total. The number of hydrogen-bond acceptors (Lipinski definition) is 5. The lowest BCUT2D eigenvalue weighted by Gasteiger charge is -2.20. The van der Waals surface area contributed by atoms with Gasteiger partial charge in [-0.3, -0.25) is 4.79 Å². The topological polar surface area (TPSA) is 68.7 Å². The Balaban J connectivity index is 2.09. The molecule has 2 aliphatic rings. The first-order chi connectivity index (χ1) is 12.9. The first-order valence-corrected chi connectivity index (χ1v) is 8.98. The van der Waals surface area contributed by atoms with E-state index in [1.54, 1.807) is 24.1 Å². The van der Waals surface area contributed by atoms with E-state index in [4.69, 9.17) is 21.1 Å². The van der Waals surface area contributed by atoms with Crippen molar-refractivity contribution in [2.75, 3.05) is 26.2 Å². The van der Waals surface area contributed by atoms with Crippen LogP contribution in [0.2, 0.25) is 5.15 Å². The van der Waals surface area contributed by atoms with Crippen LogP contribution in [0.3, 0.4) is 0 Å². The van der Waals surface area contributed by atoms with Crippen LogP contribution in [-0.4, -0.2) is 38.1 Å². The standard InChI is InChI=1S/C20H19ClN2O4/c1-10-16(11-8-15(21)22-9-14(11)26-3)12(18(24)27-4)7-13-17(10)20(5-6-20)19(25)23(13)2/h7-9H,5-6H2,1-4H3. The summed E-state index contributed by atoms with van der Waals surface area (Å²) >= 11 is 6.13. The van der Waals surface area contributed by atoms with Gasteiger partial charge in [0.15, 0.2) is 0 Å². The number of carbonyl (C=O) groups is 2. The summed E-state index contributed by atoms with van der Waals surface area (Å²) in [6.07, 6.45) is 3.15. The Bertz CT molecular complexity index is 998. The average Bonchev–Trinajstić information content (AvgIpc) is 3.43. The van der Waals surface area contributed by atoms with Crippen molar-refractivity contribution in [3.8, 4) is 16.9 Å². The molecule has 1 aromatic heterocycles. The van der Waals surface area contributed by atoms with Crippen molar-refractivity contribution in [1.29, 1.82) is 0 Å². The number of pyridine rings is 1. The molecule has 0 bridgehead atoms. The van der Waals surface area contributed by atoms with Crippen LogP contribution in [0, 0.1) is 6.92 Å². The number of likely N-dealkylation sites (N-methyl/N-ethyl adjacent to an activating group) is 1. The lowest BCUT2D eigenvalue weighted by atomic mass is 9.85. The summed E-state index contributed by atoms with van der Waals surface area (Å²) in [5.41, 5.74) is 3.81. The van der Waals surface area contributed by atoms with Crippen LogP contribution in [0.4, 0.5) is 5.69 Å². The number of carbonyl (C=O) groups excluding carboxylic acids is 2. The number of nitrogens with zero attached hydrogens (tertiary/aromatic N) is 2. The highest BCUT2D eigenvalue weighted by molar-refractivity contribution is 6.29. The zero-order valence-electron chi connectivity index (χ0n) is 15.6. The summed E-state index contributed by atoms with van der Waals surface area (Å²) in [4.78, 5) is 31.1. The number of esters is 1. The summed E-state index contributed by atoms with van der Waals surface area (Å²) in [5.74, 6) is 0.0897. The van der Waals surface area contributed by atoms with E-state index in [0.717, 1.165) is 29.7 Å². The number of hydrogen-bond donors (Lipinski definition) is 0. The molecule has 1 fully saturated rings. The lowest BCUT2D eigenvalue weighted by molar-refractivity contribution is -0.119. The van der Waals surface area contributed by atoms with Crippen LogP contribution in [0.25, 0.3) is 11.1 Å². The maximum absolute atomic E-state index is 12.8. The van der Waals surface area contributed by atoms with Gasteiger partial charge in [-0.2, -0.15) is 0 Å². The molecule has 1 amide bonds. The van der Waals surface area contributed by atoms with Gasteiger partial charge in [0.1, 0.15) is 10.9 Å². The van der Waals surface area contributed by atoms with Crippen molar-refractivity contribution in [3.63, 3.8) is 0 Å². The molecule has 1 aliphatic heterocycles. The monoisotopic (exact) mass is 386 g/mol. The Morgan fingerprint density at radius 2 is 2.00 bits per heavy atom. The quantitative estimate of drug-likeness (QED) is 0.596. The minimum absolute atomic E-state index is 0.0771. The molecule has 140 valence electrons. The molecule has 7 heteroatoms. The van der Waals surface area contributed by atoms with Gasteiger partial charge in [0.05, 0.1) is 31.4 Å². The average molecular weight is 387 g/mol. The van der Waals surface area contributed by atoms with E-state index in [2.05, 4.69) is 4.98 Å². The third-order valence-corrected chi connectivity index (χ3v) is 5.80. The fourth-order valence-electron chi connectivity index (χ4n) is 4.19. The predicted molar refractivity (Wildman–Crippen MR) is 102 cm³/mol. The van der Waals surface area contributed by atoms with Crippen LogP contribution in [-0.2, 0) is 14.9 Å². The Morgan fingerprint density at radius 1 is 1.30 bits per heavy atom. The molecule has 1 saturated carbocycles. The van der Waals surface area contributed by atoms with Gasteiger partial charge in [-0.15, -0.1) is 0 Å². The van der Waals surface area contributed by atoms with Gasteiger partial charge < -0.3 is 14.4 Å². The number of ether oxygens (including phenoxy) is 2. The molecule has 0 saturated heterocycles. The predicted octanol–water partition coefficient (Wildman–Crippen LogP) is 3.51. The fraction of sp³-hybridized carbons (Fsp3) is 0.350. The molecule has 6 nitrogen and oxygen atoms in total. The van der Waals surface area contributed by atoms with E-state index >= 15 is 0 Å². The van der Waals surface area contributed by atoms with E-state index in [-0.39, 0.29) is 11.1 Å². The van der Waals surface area contributed by atoms with Gasteiger partial charge in [0, 0.05) is 23.9 Å². The van der Waals surface area contributed by atoms with Crippen molar-refractivity contribution in [2.24, 2.45) is 0 Å². The molecular formula is C20H19ClN2O4. The zero-order valence-corrected chi connectivity index (χ0v) is 16.3. The number of rotatable bonds is 3. The third-order valence-electron chi connectivity index (χ3n) is 5.59. The van der Waals surface area contributed by atoms with Gasteiger partial charge in [-0.05, 0) is 43.0 Å². The Morgan fingerprint density at radius 3 is 2.59 bits per heavy atom. The van der Waals surface area contributed by atoms with E-state index in [1.807, 2.05) is 6.92 Å². The number of benzene rings is 1. The number of methoxy groups -OCH3 is 2. The molecule has 2 heterocycles. The van der Waals surface area contributed by atoms with Crippen molar-refractivity contribution in [3.05, 3.63) is 40.2 Å². The van der Waals surface area contributed by atoms with Crippen molar-refractivity contribution in [1.82, 2.24) is 4.98 Å². The van der Waals surface area contributed by atoms with E-state index in [9.17, 15) is 9.59 Å². The molecular weight excluding hydrogens is 368 g/mol. The van der Waals surface area contributed by atoms with E-state index in [0.29, 0.717) is 22.4 Å². The Hall–Kier alpha value is -2.60. The molecule has 2 aromatic rings. The highest BCUT2D eigenvalue weighted by Gasteiger charge is 2.59. The number of anilines is 1. The first kappa shape index (κ1) is 17.8. The van der Waals surface area contributed by atoms with Crippen molar-refractivity contribution >= 4 is 29.2 Å². The molecule has 1 aromatic carbocycles. The maximum Gasteiger partial charge on any atom is 0.338 e.